The Balaban J connectivity index is 2.40. The molecule has 0 atom stereocenters. The Morgan fingerprint density at radius 1 is 1.33 bits per heavy atom. The van der Waals surface area contributed by atoms with Gasteiger partial charge in [-0.1, -0.05) is 30.3 Å². The zero-order valence-electron chi connectivity index (χ0n) is 11.5. The summed E-state index contributed by atoms with van der Waals surface area (Å²) < 4.78 is 0. The van der Waals surface area contributed by atoms with Crippen molar-refractivity contribution >= 4 is 17.7 Å². The van der Waals surface area contributed by atoms with Gasteiger partial charge in [0.1, 0.15) is 0 Å². The molecule has 0 aromatic heterocycles. The van der Waals surface area contributed by atoms with Crippen molar-refractivity contribution in [2.45, 2.75) is 13.0 Å². The summed E-state index contributed by atoms with van der Waals surface area (Å²) in [6.07, 6.45) is 3.30. The van der Waals surface area contributed by atoms with Crippen LogP contribution in [0.2, 0.25) is 0 Å². The fraction of sp³-hybridized carbons (Fsp3) is 0.500. The second kappa shape index (κ2) is 8.86. The zero-order chi connectivity index (χ0) is 13.2. The van der Waals surface area contributed by atoms with E-state index >= 15 is 0 Å². The molecule has 1 aromatic rings. The summed E-state index contributed by atoms with van der Waals surface area (Å²) in [6, 6.07) is 10.4. The Hall–Kier alpha value is -1.16. The fourth-order valence-corrected chi connectivity index (χ4v) is 2.17. The second-order valence-corrected chi connectivity index (χ2v) is 5.15. The Morgan fingerprint density at radius 2 is 2.06 bits per heavy atom. The van der Waals surface area contributed by atoms with Crippen molar-refractivity contribution in [3.8, 4) is 0 Å². The van der Waals surface area contributed by atoms with Crippen LogP contribution in [0.5, 0.6) is 0 Å². The van der Waals surface area contributed by atoms with Crippen molar-refractivity contribution in [2.24, 2.45) is 4.99 Å². The number of aliphatic imine (C=N–C) groups is 1. The van der Waals surface area contributed by atoms with E-state index in [4.69, 9.17) is 0 Å². The quantitative estimate of drug-likeness (QED) is 0.486. The van der Waals surface area contributed by atoms with E-state index in [9.17, 15) is 0 Å². The number of thioether (sulfide) groups is 1. The molecule has 0 amide bonds. The van der Waals surface area contributed by atoms with Gasteiger partial charge in [0, 0.05) is 27.2 Å². The molecule has 1 N–H and O–H groups in total. The van der Waals surface area contributed by atoms with Crippen LogP contribution in [0.1, 0.15) is 12.0 Å². The highest BCUT2D eigenvalue weighted by Crippen LogP contribution is 2.02. The molecule has 0 fully saturated rings. The lowest BCUT2D eigenvalue weighted by Gasteiger charge is -2.22. The molecule has 0 aliphatic heterocycles. The van der Waals surface area contributed by atoms with Crippen molar-refractivity contribution in [2.75, 3.05) is 32.6 Å². The molecule has 4 heteroatoms. The molecule has 1 aromatic carbocycles. The molecule has 3 nitrogen and oxygen atoms in total. The number of hydrogen-bond donors (Lipinski definition) is 1. The minimum Gasteiger partial charge on any atom is -0.356 e. The molecule has 0 saturated heterocycles. The average molecular weight is 265 g/mol. The number of hydrogen-bond acceptors (Lipinski definition) is 2. The summed E-state index contributed by atoms with van der Waals surface area (Å²) in [5.74, 6) is 2.15. The number of nitrogens with one attached hydrogen (secondary N) is 1. The van der Waals surface area contributed by atoms with Crippen LogP contribution in [-0.4, -0.2) is 43.5 Å². The van der Waals surface area contributed by atoms with Crippen molar-refractivity contribution in [3.63, 3.8) is 0 Å². The SMILES string of the molecule is CN=C(NCCCSC)N(C)Cc1ccccc1. The van der Waals surface area contributed by atoms with Gasteiger partial charge < -0.3 is 10.2 Å². The van der Waals surface area contributed by atoms with Crippen LogP contribution in [0, 0.1) is 0 Å². The number of benzene rings is 1. The van der Waals surface area contributed by atoms with Crippen molar-refractivity contribution in [3.05, 3.63) is 35.9 Å². The molecular formula is C14H23N3S. The molecule has 0 unspecified atom stereocenters. The van der Waals surface area contributed by atoms with E-state index in [1.807, 2.05) is 24.9 Å². The third kappa shape index (κ3) is 5.45. The molecule has 18 heavy (non-hydrogen) atoms. The minimum atomic E-state index is 0.878. The van der Waals surface area contributed by atoms with E-state index in [2.05, 4.69) is 52.8 Å². The maximum Gasteiger partial charge on any atom is 0.193 e. The summed E-state index contributed by atoms with van der Waals surface area (Å²) in [6.45, 7) is 1.86. The van der Waals surface area contributed by atoms with Gasteiger partial charge in [0.15, 0.2) is 5.96 Å². The lowest BCUT2D eigenvalue weighted by Crippen LogP contribution is -2.39. The standard InChI is InChI=1S/C14H23N3S/c1-15-14(16-10-7-11-18-3)17(2)12-13-8-5-4-6-9-13/h4-6,8-9H,7,10-12H2,1-3H3,(H,15,16). The Labute approximate surface area is 115 Å². The largest absolute Gasteiger partial charge is 0.356 e. The van der Waals surface area contributed by atoms with Crippen molar-refractivity contribution < 1.29 is 0 Å². The van der Waals surface area contributed by atoms with Gasteiger partial charge in [-0.3, -0.25) is 4.99 Å². The molecule has 0 heterocycles. The summed E-state index contributed by atoms with van der Waals surface area (Å²) in [4.78, 5) is 6.45. The predicted octanol–water partition coefficient (Wildman–Crippen LogP) is 2.45. The third-order valence-electron chi connectivity index (χ3n) is 2.64. The van der Waals surface area contributed by atoms with Gasteiger partial charge in [-0.05, 0) is 24.0 Å². The van der Waals surface area contributed by atoms with E-state index < -0.39 is 0 Å². The van der Waals surface area contributed by atoms with Crippen molar-refractivity contribution in [1.82, 2.24) is 10.2 Å². The molecule has 0 radical (unpaired) electrons. The molecule has 1 rings (SSSR count). The summed E-state index contributed by atoms with van der Waals surface area (Å²) in [7, 11) is 3.90. The fourth-order valence-electron chi connectivity index (χ4n) is 1.73. The Morgan fingerprint density at radius 3 is 2.67 bits per heavy atom. The number of rotatable bonds is 6. The average Bonchev–Trinajstić information content (AvgIpc) is 2.40. The first-order valence-electron chi connectivity index (χ1n) is 6.22. The highest BCUT2D eigenvalue weighted by atomic mass is 32.2. The lowest BCUT2D eigenvalue weighted by molar-refractivity contribution is 0.477. The van der Waals surface area contributed by atoms with Crippen LogP contribution in [-0.2, 0) is 6.54 Å². The van der Waals surface area contributed by atoms with Gasteiger partial charge in [-0.15, -0.1) is 0 Å². The topological polar surface area (TPSA) is 27.6 Å². The smallest absolute Gasteiger partial charge is 0.193 e. The van der Waals surface area contributed by atoms with Crippen molar-refractivity contribution in [1.29, 1.82) is 0 Å². The first-order chi connectivity index (χ1) is 8.77. The Bertz CT molecular complexity index is 351. The zero-order valence-corrected chi connectivity index (χ0v) is 12.3. The van der Waals surface area contributed by atoms with Gasteiger partial charge in [0.25, 0.3) is 0 Å². The highest BCUT2D eigenvalue weighted by molar-refractivity contribution is 7.98. The third-order valence-corrected chi connectivity index (χ3v) is 3.34. The van der Waals surface area contributed by atoms with Crippen LogP contribution < -0.4 is 5.32 Å². The maximum atomic E-state index is 4.31. The van der Waals surface area contributed by atoms with Gasteiger partial charge in [0.2, 0.25) is 0 Å². The van der Waals surface area contributed by atoms with Crippen LogP contribution in [0.25, 0.3) is 0 Å². The molecule has 0 aliphatic carbocycles. The van der Waals surface area contributed by atoms with Crippen LogP contribution in [0.3, 0.4) is 0 Å². The summed E-state index contributed by atoms with van der Waals surface area (Å²) in [5, 5.41) is 3.39. The Kier molecular flexibility index (Phi) is 7.34. The van der Waals surface area contributed by atoms with Gasteiger partial charge >= 0.3 is 0 Å². The number of guanidine groups is 1. The summed E-state index contributed by atoms with van der Waals surface area (Å²) in [5.41, 5.74) is 1.30. The monoisotopic (exact) mass is 265 g/mol. The summed E-state index contributed by atoms with van der Waals surface area (Å²) >= 11 is 1.88. The van der Waals surface area contributed by atoms with E-state index in [0.717, 1.165) is 19.0 Å². The van der Waals surface area contributed by atoms with Crippen LogP contribution >= 0.6 is 11.8 Å². The molecule has 0 aliphatic rings. The van der Waals surface area contributed by atoms with E-state index in [1.165, 1.54) is 17.7 Å². The van der Waals surface area contributed by atoms with E-state index in [0.29, 0.717) is 0 Å². The molecular weight excluding hydrogens is 242 g/mol. The molecule has 0 saturated carbocycles. The number of nitrogens with zero attached hydrogens (tertiary/aromatic N) is 2. The molecule has 0 bridgehead atoms. The maximum absolute atomic E-state index is 4.31. The van der Waals surface area contributed by atoms with Gasteiger partial charge in [-0.25, -0.2) is 0 Å². The van der Waals surface area contributed by atoms with Gasteiger partial charge in [-0.2, -0.15) is 11.8 Å². The first-order valence-corrected chi connectivity index (χ1v) is 7.62. The van der Waals surface area contributed by atoms with E-state index in [1.54, 1.807) is 0 Å². The van der Waals surface area contributed by atoms with E-state index in [-0.39, 0.29) is 0 Å². The lowest BCUT2D eigenvalue weighted by atomic mass is 10.2. The molecule has 0 spiro atoms. The second-order valence-electron chi connectivity index (χ2n) is 4.16. The predicted molar refractivity (Wildman–Crippen MR) is 82.3 cm³/mol. The van der Waals surface area contributed by atoms with Crippen LogP contribution in [0.4, 0.5) is 0 Å². The minimum absolute atomic E-state index is 0.878. The first kappa shape index (κ1) is 14.9. The normalized spacial score (nSPS) is 11.4. The highest BCUT2D eigenvalue weighted by Gasteiger charge is 2.05. The van der Waals surface area contributed by atoms with Crippen LogP contribution in [0.15, 0.2) is 35.3 Å². The molecule has 100 valence electrons. The van der Waals surface area contributed by atoms with Gasteiger partial charge in [0.05, 0.1) is 0 Å².